The third kappa shape index (κ3) is 3.26. The van der Waals surface area contributed by atoms with Gasteiger partial charge in [0, 0.05) is 6.21 Å². The SMILES string of the molecule is Cc1ccc(N=C[C@H]2C(=O)NC(=O)N(c3ccccc3C)C2=O)cc1C. The minimum absolute atomic E-state index is 0.451. The van der Waals surface area contributed by atoms with Crippen molar-refractivity contribution in [3.05, 3.63) is 59.2 Å². The fourth-order valence-corrected chi connectivity index (χ4v) is 2.73. The Morgan fingerprint density at radius 2 is 1.69 bits per heavy atom. The molecule has 0 aromatic heterocycles. The second-order valence-electron chi connectivity index (χ2n) is 6.28. The largest absolute Gasteiger partial charge is 0.335 e. The topological polar surface area (TPSA) is 78.8 Å². The molecule has 0 unspecified atom stereocenters. The maximum atomic E-state index is 12.8. The van der Waals surface area contributed by atoms with E-state index >= 15 is 0 Å². The molecule has 1 heterocycles. The number of urea groups is 1. The van der Waals surface area contributed by atoms with E-state index in [-0.39, 0.29) is 0 Å². The lowest BCUT2D eigenvalue weighted by Gasteiger charge is -2.29. The number of rotatable bonds is 3. The first-order valence-electron chi connectivity index (χ1n) is 8.24. The first-order chi connectivity index (χ1) is 12.4. The molecule has 1 saturated heterocycles. The van der Waals surface area contributed by atoms with E-state index in [9.17, 15) is 14.4 Å². The van der Waals surface area contributed by atoms with E-state index in [0.29, 0.717) is 11.4 Å². The average Bonchev–Trinajstić information content (AvgIpc) is 2.59. The Hall–Kier alpha value is -3.28. The average molecular weight is 349 g/mol. The number of anilines is 1. The Labute approximate surface area is 151 Å². The molecule has 0 bridgehead atoms. The number of nitrogens with zero attached hydrogens (tertiary/aromatic N) is 2. The Kier molecular flexibility index (Phi) is 4.67. The zero-order valence-electron chi connectivity index (χ0n) is 14.8. The fourth-order valence-electron chi connectivity index (χ4n) is 2.73. The molecule has 0 saturated carbocycles. The van der Waals surface area contributed by atoms with Gasteiger partial charge in [-0.1, -0.05) is 24.3 Å². The Morgan fingerprint density at radius 1 is 0.962 bits per heavy atom. The predicted molar refractivity (Wildman–Crippen MR) is 99.8 cm³/mol. The zero-order chi connectivity index (χ0) is 18.8. The number of carbonyl (C=O) groups is 3. The number of hydrogen-bond donors (Lipinski definition) is 1. The highest BCUT2D eigenvalue weighted by molar-refractivity contribution is 6.32. The molecule has 6 nitrogen and oxygen atoms in total. The van der Waals surface area contributed by atoms with Crippen molar-refractivity contribution in [1.82, 2.24) is 5.32 Å². The highest BCUT2D eigenvalue weighted by Crippen LogP contribution is 2.24. The van der Waals surface area contributed by atoms with Crippen LogP contribution in [0.5, 0.6) is 0 Å². The molecule has 1 N–H and O–H groups in total. The molecule has 4 amide bonds. The summed E-state index contributed by atoms with van der Waals surface area (Å²) in [6.07, 6.45) is 1.29. The summed E-state index contributed by atoms with van der Waals surface area (Å²) in [6.45, 7) is 5.75. The van der Waals surface area contributed by atoms with Crippen LogP contribution in [-0.4, -0.2) is 24.1 Å². The van der Waals surface area contributed by atoms with Gasteiger partial charge in [0.25, 0.3) is 5.91 Å². The van der Waals surface area contributed by atoms with Gasteiger partial charge in [-0.2, -0.15) is 0 Å². The molecular weight excluding hydrogens is 330 g/mol. The summed E-state index contributed by atoms with van der Waals surface area (Å²) in [5.41, 5.74) is 4.05. The summed E-state index contributed by atoms with van der Waals surface area (Å²) in [7, 11) is 0. The number of aryl methyl sites for hydroxylation is 3. The second-order valence-corrected chi connectivity index (χ2v) is 6.28. The normalized spacial score (nSPS) is 17.7. The van der Waals surface area contributed by atoms with Gasteiger partial charge in [0.2, 0.25) is 5.91 Å². The molecule has 0 spiro atoms. The number of aliphatic imine (C=N–C) groups is 1. The number of barbiturate groups is 1. The highest BCUT2D eigenvalue weighted by Gasteiger charge is 2.40. The molecule has 2 aromatic carbocycles. The first kappa shape index (κ1) is 17.5. The van der Waals surface area contributed by atoms with Gasteiger partial charge in [-0.05, 0) is 55.7 Å². The van der Waals surface area contributed by atoms with Crippen molar-refractivity contribution in [2.45, 2.75) is 20.8 Å². The molecule has 0 aliphatic carbocycles. The van der Waals surface area contributed by atoms with E-state index in [0.717, 1.165) is 21.6 Å². The summed E-state index contributed by atoms with van der Waals surface area (Å²) in [5, 5.41) is 2.23. The number of imide groups is 2. The van der Waals surface area contributed by atoms with E-state index in [1.807, 2.05) is 38.1 Å². The molecule has 132 valence electrons. The second kappa shape index (κ2) is 6.92. The van der Waals surface area contributed by atoms with Gasteiger partial charge in [-0.3, -0.25) is 19.9 Å². The van der Waals surface area contributed by atoms with Crippen LogP contribution in [0.4, 0.5) is 16.2 Å². The van der Waals surface area contributed by atoms with Gasteiger partial charge in [0.1, 0.15) is 0 Å². The maximum absolute atomic E-state index is 12.8. The van der Waals surface area contributed by atoms with Crippen molar-refractivity contribution < 1.29 is 14.4 Å². The van der Waals surface area contributed by atoms with Gasteiger partial charge in [0.15, 0.2) is 5.92 Å². The van der Waals surface area contributed by atoms with Crippen LogP contribution in [0.25, 0.3) is 0 Å². The monoisotopic (exact) mass is 349 g/mol. The van der Waals surface area contributed by atoms with Crippen molar-refractivity contribution in [3.8, 4) is 0 Å². The van der Waals surface area contributed by atoms with Crippen LogP contribution >= 0.6 is 0 Å². The first-order valence-corrected chi connectivity index (χ1v) is 8.24. The van der Waals surface area contributed by atoms with Crippen LogP contribution in [0.15, 0.2) is 47.5 Å². The summed E-state index contributed by atoms with van der Waals surface area (Å²) >= 11 is 0. The van der Waals surface area contributed by atoms with Gasteiger partial charge < -0.3 is 0 Å². The molecule has 1 aliphatic heterocycles. The summed E-state index contributed by atoms with van der Waals surface area (Å²) in [6, 6.07) is 11.9. The number of para-hydroxylation sites is 1. The van der Waals surface area contributed by atoms with Crippen LogP contribution in [0.2, 0.25) is 0 Å². The maximum Gasteiger partial charge on any atom is 0.335 e. The minimum atomic E-state index is -1.16. The van der Waals surface area contributed by atoms with E-state index in [1.165, 1.54) is 6.21 Å². The van der Waals surface area contributed by atoms with E-state index in [1.54, 1.807) is 25.1 Å². The molecule has 26 heavy (non-hydrogen) atoms. The Balaban J connectivity index is 1.91. The standard InChI is InChI=1S/C20H19N3O3/c1-12-8-9-15(10-14(12)3)21-11-16-18(24)22-20(26)23(19(16)25)17-7-5-4-6-13(17)2/h4-11,16H,1-3H3,(H,22,24,26)/t16-/m0/s1. The van der Waals surface area contributed by atoms with Gasteiger partial charge in [0.05, 0.1) is 11.4 Å². The summed E-state index contributed by atoms with van der Waals surface area (Å²) in [4.78, 5) is 42.4. The van der Waals surface area contributed by atoms with Gasteiger partial charge >= 0.3 is 6.03 Å². The van der Waals surface area contributed by atoms with Crippen molar-refractivity contribution in [2.24, 2.45) is 10.9 Å². The van der Waals surface area contributed by atoms with Crippen molar-refractivity contribution >= 4 is 35.4 Å². The van der Waals surface area contributed by atoms with Gasteiger partial charge in [-0.25, -0.2) is 9.69 Å². The van der Waals surface area contributed by atoms with Crippen molar-refractivity contribution in [1.29, 1.82) is 0 Å². The lowest BCUT2D eigenvalue weighted by molar-refractivity contribution is -0.131. The number of carbonyl (C=O) groups excluding carboxylic acids is 3. The lowest BCUT2D eigenvalue weighted by Crippen LogP contribution is -2.58. The molecular formula is C20H19N3O3. The highest BCUT2D eigenvalue weighted by atomic mass is 16.2. The Bertz CT molecular complexity index is 934. The van der Waals surface area contributed by atoms with E-state index in [4.69, 9.17) is 0 Å². The number of amides is 4. The fraction of sp³-hybridized carbons (Fsp3) is 0.200. The zero-order valence-corrected chi connectivity index (χ0v) is 14.8. The quantitative estimate of drug-likeness (QED) is 0.682. The lowest BCUT2D eigenvalue weighted by atomic mass is 10.0. The molecule has 3 rings (SSSR count). The molecule has 1 aliphatic rings. The molecule has 6 heteroatoms. The van der Waals surface area contributed by atoms with Gasteiger partial charge in [-0.15, -0.1) is 0 Å². The molecule has 2 aromatic rings. The smallest absolute Gasteiger partial charge is 0.276 e. The third-order valence-electron chi connectivity index (χ3n) is 4.42. The van der Waals surface area contributed by atoms with Crippen molar-refractivity contribution in [2.75, 3.05) is 4.90 Å². The molecule has 1 atom stereocenters. The number of benzene rings is 2. The number of hydrogen-bond acceptors (Lipinski definition) is 4. The van der Waals surface area contributed by atoms with E-state index < -0.39 is 23.8 Å². The van der Waals surface area contributed by atoms with Crippen LogP contribution in [0.3, 0.4) is 0 Å². The molecule has 1 fully saturated rings. The predicted octanol–water partition coefficient (Wildman–Crippen LogP) is 3.21. The Morgan fingerprint density at radius 3 is 2.38 bits per heavy atom. The minimum Gasteiger partial charge on any atom is -0.276 e. The van der Waals surface area contributed by atoms with Crippen LogP contribution in [-0.2, 0) is 9.59 Å². The van der Waals surface area contributed by atoms with Crippen LogP contribution in [0.1, 0.15) is 16.7 Å². The number of nitrogens with one attached hydrogen (secondary N) is 1. The summed E-state index contributed by atoms with van der Waals surface area (Å²) in [5.74, 6) is -2.44. The third-order valence-corrected chi connectivity index (χ3v) is 4.42. The van der Waals surface area contributed by atoms with Crippen LogP contribution in [0, 0.1) is 26.7 Å². The van der Waals surface area contributed by atoms with Crippen molar-refractivity contribution in [3.63, 3.8) is 0 Å². The molecule has 0 radical (unpaired) electrons. The van der Waals surface area contributed by atoms with E-state index in [2.05, 4.69) is 10.3 Å². The summed E-state index contributed by atoms with van der Waals surface area (Å²) < 4.78 is 0. The van der Waals surface area contributed by atoms with Crippen LogP contribution < -0.4 is 10.2 Å².